The summed E-state index contributed by atoms with van der Waals surface area (Å²) in [7, 11) is 0. The average molecular weight is 368 g/mol. The summed E-state index contributed by atoms with van der Waals surface area (Å²) in [4.78, 5) is 12.5. The van der Waals surface area contributed by atoms with E-state index in [9.17, 15) is 4.79 Å². The summed E-state index contributed by atoms with van der Waals surface area (Å²) in [5, 5.41) is 6.42. The number of fused-ring (bicyclic) bond motifs is 1. The molecule has 2 N–H and O–H groups in total. The van der Waals surface area contributed by atoms with Gasteiger partial charge in [-0.3, -0.25) is 4.79 Å². The number of amides is 1. The van der Waals surface area contributed by atoms with Crippen LogP contribution in [0.4, 0.5) is 11.4 Å². The lowest BCUT2D eigenvalue weighted by atomic mass is 9.92. The Kier molecular flexibility index (Phi) is 5.89. The van der Waals surface area contributed by atoms with E-state index in [4.69, 9.17) is 9.47 Å². The molecular weight excluding hydrogens is 340 g/mol. The van der Waals surface area contributed by atoms with Crippen molar-refractivity contribution in [2.45, 2.75) is 46.0 Å². The third-order valence-corrected chi connectivity index (χ3v) is 4.69. The molecule has 0 atom stereocenters. The van der Waals surface area contributed by atoms with Crippen LogP contribution in [-0.4, -0.2) is 19.2 Å². The summed E-state index contributed by atoms with van der Waals surface area (Å²) < 4.78 is 10.7. The van der Waals surface area contributed by atoms with Crippen molar-refractivity contribution in [3.8, 4) is 11.5 Å². The van der Waals surface area contributed by atoms with Crippen molar-refractivity contribution in [2.75, 3.05) is 24.0 Å². The third-order valence-electron chi connectivity index (χ3n) is 4.69. The third kappa shape index (κ3) is 4.54. The fraction of sp³-hybridized carbons (Fsp3) is 0.409. The molecule has 2 aromatic rings. The van der Waals surface area contributed by atoms with E-state index in [0.29, 0.717) is 24.8 Å². The Morgan fingerprint density at radius 2 is 1.67 bits per heavy atom. The van der Waals surface area contributed by atoms with Gasteiger partial charge in [0, 0.05) is 30.4 Å². The lowest BCUT2D eigenvalue weighted by Crippen LogP contribution is -2.18. The highest BCUT2D eigenvalue weighted by Gasteiger charge is 2.16. The van der Waals surface area contributed by atoms with Crippen LogP contribution < -0.4 is 20.1 Å². The van der Waals surface area contributed by atoms with Crippen molar-refractivity contribution in [2.24, 2.45) is 0 Å². The quantitative estimate of drug-likeness (QED) is 0.713. The number of ether oxygens (including phenoxy) is 2. The van der Waals surface area contributed by atoms with Crippen LogP contribution in [0.1, 0.15) is 57.1 Å². The van der Waals surface area contributed by atoms with Gasteiger partial charge < -0.3 is 20.1 Å². The van der Waals surface area contributed by atoms with Crippen molar-refractivity contribution in [1.82, 2.24) is 0 Å². The average Bonchev–Trinajstić information content (AvgIpc) is 3.09. The maximum absolute atomic E-state index is 12.5. The molecule has 2 aromatic carbocycles. The molecule has 0 spiro atoms. The van der Waals surface area contributed by atoms with Gasteiger partial charge in [-0.15, -0.1) is 0 Å². The van der Waals surface area contributed by atoms with E-state index in [1.165, 1.54) is 11.1 Å². The van der Waals surface area contributed by atoms with Gasteiger partial charge in [-0.2, -0.15) is 0 Å². The van der Waals surface area contributed by atoms with Gasteiger partial charge in [0.15, 0.2) is 11.5 Å². The number of hydrogen-bond acceptors (Lipinski definition) is 4. The Labute approximate surface area is 161 Å². The molecule has 27 heavy (non-hydrogen) atoms. The first-order chi connectivity index (χ1) is 13.0. The summed E-state index contributed by atoms with van der Waals surface area (Å²) >= 11 is 0. The molecule has 5 heteroatoms. The molecule has 0 bridgehead atoms. The highest BCUT2D eigenvalue weighted by Crippen LogP contribution is 2.34. The van der Waals surface area contributed by atoms with Crippen LogP contribution in [0, 0.1) is 0 Å². The number of nitrogens with one attached hydrogen (secondary N) is 2. The summed E-state index contributed by atoms with van der Waals surface area (Å²) in [6, 6.07) is 12.0. The predicted octanol–water partition coefficient (Wildman–Crippen LogP) is 5.10. The van der Waals surface area contributed by atoms with Gasteiger partial charge in [0.2, 0.25) is 12.7 Å². The molecule has 0 fully saturated rings. The molecule has 0 saturated carbocycles. The molecule has 1 heterocycles. The normalized spacial score (nSPS) is 12.5. The van der Waals surface area contributed by atoms with Crippen molar-refractivity contribution < 1.29 is 14.3 Å². The van der Waals surface area contributed by atoms with Gasteiger partial charge in [0.05, 0.1) is 0 Å². The maximum Gasteiger partial charge on any atom is 0.231 e. The summed E-state index contributed by atoms with van der Waals surface area (Å²) in [5.74, 6) is 2.21. The van der Waals surface area contributed by atoms with Crippen molar-refractivity contribution >= 4 is 17.3 Å². The topological polar surface area (TPSA) is 59.6 Å². The Bertz CT molecular complexity index is 789. The number of hydrogen-bond donors (Lipinski definition) is 2. The number of carbonyl (C=O) groups is 1. The highest BCUT2D eigenvalue weighted by molar-refractivity contribution is 5.93. The van der Waals surface area contributed by atoms with E-state index < -0.39 is 0 Å². The van der Waals surface area contributed by atoms with Crippen LogP contribution in [0.2, 0.25) is 0 Å². The summed E-state index contributed by atoms with van der Waals surface area (Å²) in [6.45, 7) is 9.40. The minimum atomic E-state index is 0.0123. The van der Waals surface area contributed by atoms with Gasteiger partial charge in [0.1, 0.15) is 0 Å². The molecule has 0 saturated heterocycles. The number of carbonyl (C=O) groups excluding carboxylic acids is 1. The van der Waals surface area contributed by atoms with E-state index in [1.807, 2.05) is 18.2 Å². The molecule has 1 aliphatic rings. The van der Waals surface area contributed by atoms with E-state index in [2.05, 4.69) is 56.5 Å². The largest absolute Gasteiger partial charge is 0.454 e. The van der Waals surface area contributed by atoms with Crippen LogP contribution in [0.25, 0.3) is 0 Å². The molecular formula is C22H28N2O3. The number of benzene rings is 2. The molecule has 1 amide bonds. The zero-order chi connectivity index (χ0) is 19.4. The molecule has 0 radical (unpaired) electrons. The minimum absolute atomic E-state index is 0.0123. The SMILES string of the molecule is CC(C)c1cccc(C(C)C)c1NC(=O)CCNc1ccc2c(c1)OCO2. The lowest BCUT2D eigenvalue weighted by molar-refractivity contribution is -0.115. The van der Waals surface area contributed by atoms with E-state index in [-0.39, 0.29) is 12.7 Å². The molecule has 1 aliphatic heterocycles. The van der Waals surface area contributed by atoms with Gasteiger partial charge in [-0.1, -0.05) is 45.9 Å². The molecule has 144 valence electrons. The van der Waals surface area contributed by atoms with Crippen molar-refractivity contribution in [1.29, 1.82) is 0 Å². The number of rotatable bonds is 7. The Morgan fingerprint density at radius 3 is 2.33 bits per heavy atom. The fourth-order valence-corrected chi connectivity index (χ4v) is 3.22. The van der Waals surface area contributed by atoms with Crippen LogP contribution in [0.5, 0.6) is 11.5 Å². The molecule has 5 nitrogen and oxygen atoms in total. The van der Waals surface area contributed by atoms with Crippen molar-refractivity contribution in [3.05, 3.63) is 47.5 Å². The summed E-state index contributed by atoms with van der Waals surface area (Å²) in [5.41, 5.74) is 4.24. The van der Waals surface area contributed by atoms with Gasteiger partial charge >= 0.3 is 0 Å². The Morgan fingerprint density at radius 1 is 1.00 bits per heavy atom. The van der Waals surface area contributed by atoms with Crippen molar-refractivity contribution in [3.63, 3.8) is 0 Å². The first kappa shape index (κ1) is 19.1. The standard InChI is InChI=1S/C22H28N2O3/c1-14(2)17-6-5-7-18(15(3)4)22(17)24-21(25)10-11-23-16-8-9-19-20(12-16)27-13-26-19/h5-9,12,14-15,23H,10-11,13H2,1-4H3,(H,24,25). The van der Waals surface area contributed by atoms with Crippen LogP contribution in [0.3, 0.4) is 0 Å². The van der Waals surface area contributed by atoms with E-state index in [1.54, 1.807) is 0 Å². The second kappa shape index (κ2) is 8.33. The minimum Gasteiger partial charge on any atom is -0.454 e. The Balaban J connectivity index is 1.61. The van der Waals surface area contributed by atoms with Crippen LogP contribution in [0.15, 0.2) is 36.4 Å². The zero-order valence-corrected chi connectivity index (χ0v) is 16.5. The van der Waals surface area contributed by atoms with E-state index >= 15 is 0 Å². The second-order valence-electron chi connectivity index (χ2n) is 7.41. The maximum atomic E-state index is 12.5. The monoisotopic (exact) mass is 368 g/mol. The Hall–Kier alpha value is -2.69. The van der Waals surface area contributed by atoms with Crippen LogP contribution >= 0.6 is 0 Å². The second-order valence-corrected chi connectivity index (χ2v) is 7.41. The summed E-state index contributed by atoms with van der Waals surface area (Å²) in [6.07, 6.45) is 0.387. The van der Waals surface area contributed by atoms with E-state index in [0.717, 1.165) is 22.9 Å². The number of para-hydroxylation sites is 1. The first-order valence-electron chi connectivity index (χ1n) is 9.52. The molecule has 3 rings (SSSR count). The van der Waals surface area contributed by atoms with Gasteiger partial charge in [-0.25, -0.2) is 0 Å². The predicted molar refractivity (Wildman–Crippen MR) is 109 cm³/mol. The molecule has 0 aromatic heterocycles. The van der Waals surface area contributed by atoms with Gasteiger partial charge in [-0.05, 0) is 35.1 Å². The fourth-order valence-electron chi connectivity index (χ4n) is 3.22. The molecule has 0 aliphatic carbocycles. The number of anilines is 2. The zero-order valence-electron chi connectivity index (χ0n) is 16.5. The van der Waals surface area contributed by atoms with Gasteiger partial charge in [0.25, 0.3) is 0 Å². The smallest absolute Gasteiger partial charge is 0.231 e. The first-order valence-corrected chi connectivity index (χ1v) is 9.52. The van der Waals surface area contributed by atoms with Crippen LogP contribution in [-0.2, 0) is 4.79 Å². The highest BCUT2D eigenvalue weighted by atomic mass is 16.7. The molecule has 0 unspecified atom stereocenters. The lowest BCUT2D eigenvalue weighted by Gasteiger charge is -2.20.